The third-order valence-electron chi connectivity index (χ3n) is 4.47. The van der Waals surface area contributed by atoms with E-state index in [1.54, 1.807) is 12.0 Å². The Balaban J connectivity index is 1.70. The van der Waals surface area contributed by atoms with Gasteiger partial charge in [0.15, 0.2) is 11.5 Å². The summed E-state index contributed by atoms with van der Waals surface area (Å²) in [6.45, 7) is 3.09. The Morgan fingerprint density at radius 1 is 1.21 bits per heavy atom. The molecular weight excluding hydrogens is 458 g/mol. The Morgan fingerprint density at radius 2 is 1.96 bits per heavy atom. The fourth-order valence-corrected chi connectivity index (χ4v) is 5.37. The van der Waals surface area contributed by atoms with E-state index in [-0.39, 0.29) is 11.2 Å². The van der Waals surface area contributed by atoms with Crippen molar-refractivity contribution in [1.82, 2.24) is 4.90 Å². The van der Waals surface area contributed by atoms with Gasteiger partial charge in [-0.05, 0) is 59.0 Å². The van der Waals surface area contributed by atoms with E-state index in [1.165, 1.54) is 17.3 Å². The zero-order chi connectivity index (χ0) is 20.1. The average Bonchev–Trinajstić information content (AvgIpc) is 2.94. The first kappa shape index (κ1) is 21.1. The molecule has 0 bridgehead atoms. The fraction of sp³-hybridized carbons (Fsp3) is 0.333. The van der Waals surface area contributed by atoms with Crippen molar-refractivity contribution in [2.75, 3.05) is 20.3 Å². The summed E-state index contributed by atoms with van der Waals surface area (Å²) in [5.74, 6) is 1.42. The minimum absolute atomic E-state index is 0.0795. The number of hydrogen-bond acceptors (Lipinski definition) is 5. The number of carbonyl (C=O) groups is 1. The first-order valence-corrected chi connectivity index (χ1v) is 11.2. The summed E-state index contributed by atoms with van der Waals surface area (Å²) >= 11 is 10.5. The Hall–Kier alpha value is -1.57. The maximum atomic E-state index is 12.9. The number of carbonyl (C=O) groups excluding carboxylic acids is 1. The molecule has 0 aromatic heterocycles. The number of thiocarbonyl (C=S) groups is 1. The summed E-state index contributed by atoms with van der Waals surface area (Å²) in [6, 6.07) is 14.1. The number of rotatable bonds is 8. The van der Waals surface area contributed by atoms with Crippen LogP contribution in [0.25, 0.3) is 0 Å². The topological polar surface area (TPSA) is 38.8 Å². The molecule has 1 amide bonds. The second-order valence-corrected chi connectivity index (χ2v) is 9.03. The van der Waals surface area contributed by atoms with E-state index in [1.807, 2.05) is 37.3 Å². The van der Waals surface area contributed by atoms with E-state index in [0.29, 0.717) is 35.4 Å². The van der Waals surface area contributed by atoms with Gasteiger partial charge in [-0.15, -0.1) is 0 Å². The van der Waals surface area contributed by atoms with Gasteiger partial charge in [-0.25, -0.2) is 0 Å². The molecule has 1 heterocycles. The molecule has 2 aromatic rings. The highest BCUT2D eigenvalue weighted by Gasteiger charge is 2.36. The largest absolute Gasteiger partial charge is 0.492 e. The van der Waals surface area contributed by atoms with Crippen molar-refractivity contribution in [1.29, 1.82) is 0 Å². The molecule has 2 aromatic carbocycles. The SMILES string of the molecule is CCOc1cc(C[C@H]2SC(=S)N(CCc3ccccc3)C2=O)cc(Br)c1OC. The minimum Gasteiger partial charge on any atom is -0.492 e. The highest BCUT2D eigenvalue weighted by atomic mass is 79.9. The van der Waals surface area contributed by atoms with Crippen LogP contribution in [0.1, 0.15) is 18.1 Å². The molecule has 1 atom stereocenters. The monoisotopic (exact) mass is 479 g/mol. The van der Waals surface area contributed by atoms with Crippen molar-refractivity contribution in [2.45, 2.75) is 25.0 Å². The van der Waals surface area contributed by atoms with Crippen LogP contribution in [0.15, 0.2) is 46.9 Å². The van der Waals surface area contributed by atoms with Gasteiger partial charge in [0.25, 0.3) is 0 Å². The van der Waals surface area contributed by atoms with Crippen molar-refractivity contribution in [2.24, 2.45) is 0 Å². The summed E-state index contributed by atoms with van der Waals surface area (Å²) in [5, 5.41) is -0.210. The molecule has 1 saturated heterocycles. The first-order valence-electron chi connectivity index (χ1n) is 9.08. The maximum absolute atomic E-state index is 12.9. The predicted molar refractivity (Wildman–Crippen MR) is 121 cm³/mol. The van der Waals surface area contributed by atoms with E-state index in [2.05, 4.69) is 28.1 Å². The van der Waals surface area contributed by atoms with E-state index in [4.69, 9.17) is 21.7 Å². The van der Waals surface area contributed by atoms with E-state index >= 15 is 0 Å². The number of amides is 1. The van der Waals surface area contributed by atoms with Crippen molar-refractivity contribution in [3.63, 3.8) is 0 Å². The number of ether oxygens (including phenoxy) is 2. The molecule has 7 heteroatoms. The van der Waals surface area contributed by atoms with Gasteiger partial charge in [-0.3, -0.25) is 9.69 Å². The third kappa shape index (κ3) is 4.88. The van der Waals surface area contributed by atoms with Gasteiger partial charge in [0.2, 0.25) is 5.91 Å². The second-order valence-electron chi connectivity index (χ2n) is 6.34. The Labute approximate surface area is 183 Å². The van der Waals surface area contributed by atoms with E-state index in [0.717, 1.165) is 16.5 Å². The highest BCUT2D eigenvalue weighted by molar-refractivity contribution is 9.10. The molecule has 28 heavy (non-hydrogen) atoms. The molecule has 1 aliphatic heterocycles. The minimum atomic E-state index is -0.210. The van der Waals surface area contributed by atoms with Gasteiger partial charge < -0.3 is 9.47 Å². The molecule has 0 radical (unpaired) electrons. The summed E-state index contributed by atoms with van der Waals surface area (Å²) < 4.78 is 12.6. The number of thioether (sulfide) groups is 1. The molecule has 0 spiro atoms. The molecule has 0 N–H and O–H groups in total. The van der Waals surface area contributed by atoms with Crippen LogP contribution in [0.4, 0.5) is 0 Å². The number of halogens is 1. The van der Waals surface area contributed by atoms with Crippen LogP contribution in [0, 0.1) is 0 Å². The second kappa shape index (κ2) is 9.76. The number of benzene rings is 2. The smallest absolute Gasteiger partial charge is 0.241 e. The molecule has 148 valence electrons. The van der Waals surface area contributed by atoms with Crippen LogP contribution in [0.3, 0.4) is 0 Å². The first-order chi connectivity index (χ1) is 13.5. The summed E-state index contributed by atoms with van der Waals surface area (Å²) in [6.07, 6.45) is 1.39. The van der Waals surface area contributed by atoms with Gasteiger partial charge in [-0.2, -0.15) is 0 Å². The van der Waals surface area contributed by atoms with E-state index in [9.17, 15) is 4.79 Å². The van der Waals surface area contributed by atoms with Gasteiger partial charge in [0.1, 0.15) is 4.32 Å². The van der Waals surface area contributed by atoms with Crippen molar-refractivity contribution >= 4 is 50.1 Å². The van der Waals surface area contributed by atoms with Crippen molar-refractivity contribution in [3.05, 3.63) is 58.1 Å². The molecule has 4 nitrogen and oxygen atoms in total. The summed E-state index contributed by atoms with van der Waals surface area (Å²) in [4.78, 5) is 14.6. The third-order valence-corrected chi connectivity index (χ3v) is 6.64. The van der Waals surface area contributed by atoms with Crippen LogP contribution in [-0.2, 0) is 17.6 Å². The standard InChI is InChI=1S/C21H22BrNO3S2/c1-3-26-17-12-15(11-16(22)19(17)25-2)13-18-20(24)23(21(27)28-18)10-9-14-7-5-4-6-8-14/h4-8,11-12,18H,3,9-10,13H2,1-2H3/t18-/m1/s1. The number of nitrogens with zero attached hydrogens (tertiary/aromatic N) is 1. The number of methoxy groups -OCH3 is 1. The molecule has 1 aliphatic rings. The normalized spacial score (nSPS) is 16.5. The zero-order valence-electron chi connectivity index (χ0n) is 15.8. The van der Waals surface area contributed by atoms with Gasteiger partial charge in [0.05, 0.1) is 23.4 Å². The molecular formula is C21H22BrNO3S2. The van der Waals surface area contributed by atoms with Crippen LogP contribution in [-0.4, -0.2) is 40.6 Å². The van der Waals surface area contributed by atoms with E-state index < -0.39 is 0 Å². The lowest BCUT2D eigenvalue weighted by Crippen LogP contribution is -2.33. The summed E-state index contributed by atoms with van der Waals surface area (Å²) in [7, 11) is 1.61. The Kier molecular flexibility index (Phi) is 7.37. The maximum Gasteiger partial charge on any atom is 0.241 e. The van der Waals surface area contributed by atoms with Crippen molar-refractivity contribution < 1.29 is 14.3 Å². The van der Waals surface area contributed by atoms with Gasteiger partial charge >= 0.3 is 0 Å². The van der Waals surface area contributed by atoms with Gasteiger partial charge in [-0.1, -0.05) is 54.3 Å². The molecule has 0 aliphatic carbocycles. The highest BCUT2D eigenvalue weighted by Crippen LogP contribution is 2.38. The molecule has 1 fully saturated rings. The predicted octanol–water partition coefficient (Wildman–Crippen LogP) is 4.87. The summed E-state index contributed by atoms with van der Waals surface area (Å²) in [5.41, 5.74) is 2.21. The zero-order valence-corrected chi connectivity index (χ0v) is 19.0. The van der Waals surface area contributed by atoms with Crippen LogP contribution < -0.4 is 9.47 Å². The Morgan fingerprint density at radius 3 is 2.64 bits per heavy atom. The molecule has 0 saturated carbocycles. The lowest BCUT2D eigenvalue weighted by atomic mass is 10.1. The van der Waals surface area contributed by atoms with Crippen molar-refractivity contribution in [3.8, 4) is 11.5 Å². The van der Waals surface area contributed by atoms with Crippen LogP contribution >= 0.6 is 39.9 Å². The van der Waals surface area contributed by atoms with Gasteiger partial charge in [0, 0.05) is 6.54 Å². The fourth-order valence-electron chi connectivity index (χ4n) is 3.13. The Bertz CT molecular complexity index is 860. The quantitative estimate of drug-likeness (QED) is 0.504. The van der Waals surface area contributed by atoms with Crippen LogP contribution in [0.5, 0.6) is 11.5 Å². The number of hydrogen-bond donors (Lipinski definition) is 0. The molecule has 3 rings (SSSR count). The lowest BCUT2D eigenvalue weighted by molar-refractivity contribution is -0.126. The molecule has 0 unspecified atom stereocenters. The average molecular weight is 480 g/mol. The lowest BCUT2D eigenvalue weighted by Gasteiger charge is -2.16. The van der Waals surface area contributed by atoms with Crippen LogP contribution in [0.2, 0.25) is 0 Å².